The van der Waals surface area contributed by atoms with E-state index in [1.165, 1.54) is 244 Å². The lowest BCUT2D eigenvalue weighted by Gasteiger charge is -2.27. The molecule has 10 heteroatoms. The van der Waals surface area contributed by atoms with Gasteiger partial charge in [-0.05, 0) is 96.0 Å². The molecule has 0 aliphatic rings. The number of ether oxygens (including phenoxy) is 1. The summed E-state index contributed by atoms with van der Waals surface area (Å²) >= 11 is 0. The second-order valence-corrected chi connectivity index (χ2v) is 27.2. The van der Waals surface area contributed by atoms with Crippen LogP contribution in [-0.4, -0.2) is 74.3 Å². The summed E-state index contributed by atoms with van der Waals surface area (Å²) in [6.45, 7) is 7.01. The molecule has 0 heterocycles. The van der Waals surface area contributed by atoms with E-state index >= 15 is 0 Å². The molecule has 0 aliphatic carbocycles. The van der Waals surface area contributed by atoms with Gasteiger partial charge in [0.1, 0.15) is 19.3 Å². The van der Waals surface area contributed by atoms with Gasteiger partial charge in [0.25, 0.3) is 0 Å². The lowest BCUT2D eigenvalue weighted by molar-refractivity contribution is -0.870. The number of phosphoric ester groups is 1. The summed E-state index contributed by atoms with van der Waals surface area (Å²) in [6.07, 6.45) is 82.3. The lowest BCUT2D eigenvalue weighted by atomic mass is 10.0. The molecule has 0 saturated heterocycles. The standard InChI is InChI=1S/C74H139N2O7P/c1-7-10-13-16-19-22-25-28-30-32-34-36-37-38-39-41-42-44-46-48-51-54-57-60-63-66-73(77)75-71(70-82-84(79,80)81-69-68-76(4,5)6)72(65-62-59-56-53-50-27-24-21-18-15-12-9-3)83-74(78)67-64-61-58-55-52-49-47-45-43-40-35-33-31-29-26-23-20-17-14-11-8-2/h19-20,22-23,28-31,62,65,71-72H,7-18,21,24-27,32-61,63-64,66-70H2,1-6H3,(H-,75,77,79,80)/p+1/b22-19-,23-20-,30-28-,31-29-,65-62-. The van der Waals surface area contributed by atoms with Crippen molar-refractivity contribution in [1.29, 1.82) is 0 Å². The quantitative estimate of drug-likeness (QED) is 0.0205. The number of amides is 1. The largest absolute Gasteiger partial charge is 0.472 e. The molecule has 0 saturated carbocycles. The summed E-state index contributed by atoms with van der Waals surface area (Å²) in [4.78, 5) is 37.9. The number of unbranched alkanes of at least 4 members (excludes halogenated alkanes) is 42. The van der Waals surface area contributed by atoms with Crippen LogP contribution in [0.2, 0.25) is 0 Å². The van der Waals surface area contributed by atoms with Crippen LogP contribution >= 0.6 is 7.82 Å². The molecule has 0 aromatic rings. The van der Waals surface area contributed by atoms with Gasteiger partial charge in [-0.1, -0.05) is 300 Å². The van der Waals surface area contributed by atoms with E-state index in [2.05, 4.69) is 74.7 Å². The van der Waals surface area contributed by atoms with Gasteiger partial charge in [0.15, 0.2) is 0 Å². The van der Waals surface area contributed by atoms with Gasteiger partial charge in [-0.3, -0.25) is 18.6 Å². The number of likely N-dealkylation sites (N-methyl/N-ethyl adjacent to an activating group) is 1. The van der Waals surface area contributed by atoms with Gasteiger partial charge in [0, 0.05) is 12.8 Å². The molecule has 0 rings (SSSR count). The topological polar surface area (TPSA) is 111 Å². The first-order chi connectivity index (χ1) is 40.9. The third-order valence-corrected chi connectivity index (χ3v) is 17.2. The number of esters is 1. The fourth-order valence-corrected chi connectivity index (χ4v) is 11.3. The van der Waals surface area contributed by atoms with E-state index in [9.17, 15) is 19.0 Å². The van der Waals surface area contributed by atoms with Crippen LogP contribution in [0.15, 0.2) is 60.8 Å². The Hall–Kier alpha value is -2.29. The fourth-order valence-electron chi connectivity index (χ4n) is 10.6. The average molecular weight is 1200 g/mol. The van der Waals surface area contributed by atoms with Crippen molar-refractivity contribution in [1.82, 2.24) is 5.32 Å². The molecule has 0 radical (unpaired) electrons. The van der Waals surface area contributed by atoms with Crippen LogP contribution in [0.25, 0.3) is 0 Å². The number of hydrogen-bond donors (Lipinski definition) is 2. The zero-order valence-corrected chi connectivity index (χ0v) is 57.3. The van der Waals surface area contributed by atoms with E-state index in [1.54, 1.807) is 0 Å². The number of rotatable bonds is 66. The van der Waals surface area contributed by atoms with E-state index in [-0.39, 0.29) is 25.1 Å². The van der Waals surface area contributed by atoms with Crippen molar-refractivity contribution in [2.45, 2.75) is 360 Å². The summed E-state index contributed by atoms with van der Waals surface area (Å²) in [7, 11) is 1.50. The number of nitrogens with zero attached hydrogens (tertiary/aromatic N) is 1. The van der Waals surface area contributed by atoms with Crippen molar-refractivity contribution >= 4 is 19.7 Å². The minimum Gasteiger partial charge on any atom is -0.456 e. The van der Waals surface area contributed by atoms with Crippen LogP contribution < -0.4 is 5.32 Å². The number of carbonyl (C=O) groups is 2. The van der Waals surface area contributed by atoms with Crippen molar-refractivity contribution in [3.8, 4) is 0 Å². The van der Waals surface area contributed by atoms with Gasteiger partial charge in [-0.25, -0.2) is 4.57 Å². The van der Waals surface area contributed by atoms with Gasteiger partial charge in [-0.2, -0.15) is 0 Å². The van der Waals surface area contributed by atoms with Crippen LogP contribution in [0.5, 0.6) is 0 Å². The maximum Gasteiger partial charge on any atom is 0.472 e. The van der Waals surface area contributed by atoms with Crippen LogP contribution in [0.4, 0.5) is 0 Å². The minimum atomic E-state index is -4.45. The third-order valence-electron chi connectivity index (χ3n) is 16.2. The molecule has 492 valence electrons. The SMILES string of the molecule is CCCCC/C=C\C/C=C\CCCCCCCCCCCCCCCCCC(=O)NC(COP(=O)(O)OCC[N+](C)(C)C)C(/C=C\CCCCCCCCCCCC)OC(=O)CCCCCCCCCCCCC/C=C\C/C=C\CCCCC. The lowest BCUT2D eigenvalue weighted by Crippen LogP contribution is -2.47. The predicted octanol–water partition coefficient (Wildman–Crippen LogP) is 23.0. The molecule has 0 aromatic heterocycles. The molecule has 0 aromatic carbocycles. The molecular formula is C74H140N2O7P+. The molecule has 1 amide bonds. The summed E-state index contributed by atoms with van der Waals surface area (Å²) < 4.78 is 30.8. The molecule has 0 fully saturated rings. The van der Waals surface area contributed by atoms with E-state index in [4.69, 9.17) is 13.8 Å². The Morgan fingerprint density at radius 1 is 0.417 bits per heavy atom. The van der Waals surface area contributed by atoms with Gasteiger partial charge in [-0.15, -0.1) is 0 Å². The van der Waals surface area contributed by atoms with Crippen molar-refractivity contribution in [2.24, 2.45) is 0 Å². The summed E-state index contributed by atoms with van der Waals surface area (Å²) in [5.74, 6) is -0.494. The first kappa shape index (κ1) is 81.7. The summed E-state index contributed by atoms with van der Waals surface area (Å²) in [6, 6.07) is -0.850. The first-order valence-corrected chi connectivity index (χ1v) is 37.6. The summed E-state index contributed by atoms with van der Waals surface area (Å²) in [5, 5.41) is 3.08. The van der Waals surface area contributed by atoms with Crippen molar-refractivity contribution < 1.29 is 37.3 Å². The maximum absolute atomic E-state index is 13.6. The Bertz CT molecular complexity index is 1620. The molecule has 0 aliphatic heterocycles. The monoisotopic (exact) mass is 1200 g/mol. The fraction of sp³-hybridized carbons (Fsp3) is 0.838. The van der Waals surface area contributed by atoms with Crippen molar-refractivity contribution in [3.63, 3.8) is 0 Å². The Balaban J connectivity index is 5.03. The van der Waals surface area contributed by atoms with Crippen molar-refractivity contribution in [3.05, 3.63) is 60.8 Å². The van der Waals surface area contributed by atoms with Gasteiger partial charge >= 0.3 is 13.8 Å². The van der Waals surface area contributed by atoms with E-state index in [0.29, 0.717) is 23.9 Å². The zero-order valence-electron chi connectivity index (χ0n) is 56.4. The number of carbonyl (C=O) groups excluding carboxylic acids is 2. The van der Waals surface area contributed by atoms with E-state index in [1.807, 2.05) is 33.3 Å². The highest BCUT2D eigenvalue weighted by Gasteiger charge is 2.30. The van der Waals surface area contributed by atoms with Gasteiger partial charge in [0.2, 0.25) is 5.91 Å². The molecule has 9 nitrogen and oxygen atoms in total. The van der Waals surface area contributed by atoms with Gasteiger partial charge < -0.3 is 19.4 Å². The third kappa shape index (κ3) is 64.2. The predicted molar refractivity (Wildman–Crippen MR) is 365 cm³/mol. The highest BCUT2D eigenvalue weighted by Crippen LogP contribution is 2.43. The molecule has 0 bridgehead atoms. The number of quaternary nitrogens is 1. The van der Waals surface area contributed by atoms with E-state index in [0.717, 1.165) is 70.6 Å². The maximum atomic E-state index is 13.6. The number of hydrogen-bond acceptors (Lipinski definition) is 6. The van der Waals surface area contributed by atoms with Crippen molar-refractivity contribution in [2.75, 3.05) is 40.9 Å². The average Bonchev–Trinajstić information content (AvgIpc) is 3.64. The normalized spacial score (nSPS) is 13.8. The Morgan fingerprint density at radius 3 is 1.10 bits per heavy atom. The Kier molecular flexibility index (Phi) is 62.0. The highest BCUT2D eigenvalue weighted by molar-refractivity contribution is 7.47. The molecule has 2 N–H and O–H groups in total. The minimum absolute atomic E-state index is 0.0404. The molecule has 0 spiro atoms. The Morgan fingerprint density at radius 2 is 0.726 bits per heavy atom. The second-order valence-electron chi connectivity index (χ2n) is 25.8. The Labute approximate surface area is 521 Å². The smallest absolute Gasteiger partial charge is 0.456 e. The zero-order chi connectivity index (χ0) is 61.4. The number of phosphoric acid groups is 1. The molecule has 3 unspecified atom stereocenters. The number of nitrogens with one attached hydrogen (secondary N) is 1. The number of allylic oxidation sites excluding steroid dienone is 9. The molecular weight excluding hydrogens is 1060 g/mol. The van der Waals surface area contributed by atoms with Gasteiger partial charge in [0.05, 0.1) is 33.8 Å². The molecule has 84 heavy (non-hydrogen) atoms. The van der Waals surface area contributed by atoms with Crippen LogP contribution in [0.3, 0.4) is 0 Å². The van der Waals surface area contributed by atoms with Crippen LogP contribution in [0, 0.1) is 0 Å². The second kappa shape index (κ2) is 63.7. The first-order valence-electron chi connectivity index (χ1n) is 36.1. The van der Waals surface area contributed by atoms with Crippen LogP contribution in [-0.2, 0) is 27.9 Å². The van der Waals surface area contributed by atoms with E-state index < -0.39 is 20.0 Å². The highest BCUT2D eigenvalue weighted by atomic mass is 31.2. The van der Waals surface area contributed by atoms with Crippen LogP contribution in [0.1, 0.15) is 348 Å². The molecule has 3 atom stereocenters. The summed E-state index contributed by atoms with van der Waals surface area (Å²) in [5.41, 5.74) is 0.